The summed E-state index contributed by atoms with van der Waals surface area (Å²) in [5.74, 6) is 0.394. The second-order valence-corrected chi connectivity index (χ2v) is 4.44. The first-order chi connectivity index (χ1) is 7.74. The number of aldehydes is 1. The molecule has 3 nitrogen and oxygen atoms in total. The number of hydrogen-bond donors (Lipinski definition) is 1. The average Bonchev–Trinajstić information content (AvgIpc) is 2.77. The molecule has 1 aliphatic rings. The molecule has 1 heterocycles. The van der Waals surface area contributed by atoms with Crippen LogP contribution in [0.15, 0.2) is 18.2 Å². The van der Waals surface area contributed by atoms with Crippen molar-refractivity contribution in [3.8, 4) is 0 Å². The normalized spacial score (nSPS) is 20.1. The molecule has 16 heavy (non-hydrogen) atoms. The molecule has 1 fully saturated rings. The summed E-state index contributed by atoms with van der Waals surface area (Å²) in [5.41, 5.74) is 2.92. The number of carbonyl (C=O) groups excluding carboxylic acids is 1. The van der Waals surface area contributed by atoms with Crippen molar-refractivity contribution in [1.82, 2.24) is 0 Å². The highest BCUT2D eigenvalue weighted by molar-refractivity contribution is 5.78. The van der Waals surface area contributed by atoms with Crippen LogP contribution in [0.25, 0.3) is 0 Å². The van der Waals surface area contributed by atoms with Crippen molar-refractivity contribution in [3.63, 3.8) is 0 Å². The largest absolute Gasteiger partial charge is 0.396 e. The Labute approximate surface area is 95.7 Å². The monoisotopic (exact) mass is 219 g/mol. The van der Waals surface area contributed by atoms with Crippen LogP contribution in [0.1, 0.15) is 22.3 Å². The third kappa shape index (κ3) is 2.09. The van der Waals surface area contributed by atoms with E-state index in [2.05, 4.69) is 4.90 Å². The van der Waals surface area contributed by atoms with Crippen LogP contribution in [0, 0.1) is 12.8 Å². The Morgan fingerprint density at radius 3 is 2.94 bits per heavy atom. The summed E-state index contributed by atoms with van der Waals surface area (Å²) >= 11 is 0. The summed E-state index contributed by atoms with van der Waals surface area (Å²) < 4.78 is 0. The number of nitrogens with zero attached hydrogens (tertiary/aromatic N) is 1. The smallest absolute Gasteiger partial charge is 0.150 e. The summed E-state index contributed by atoms with van der Waals surface area (Å²) in [6.07, 6.45) is 1.94. The van der Waals surface area contributed by atoms with Gasteiger partial charge in [0.2, 0.25) is 0 Å². The summed E-state index contributed by atoms with van der Waals surface area (Å²) in [5, 5.41) is 9.09. The fourth-order valence-corrected chi connectivity index (χ4v) is 2.20. The number of anilines is 1. The lowest BCUT2D eigenvalue weighted by Gasteiger charge is -2.19. The zero-order chi connectivity index (χ0) is 11.5. The highest BCUT2D eigenvalue weighted by Crippen LogP contribution is 2.25. The predicted molar refractivity (Wildman–Crippen MR) is 64.0 cm³/mol. The van der Waals surface area contributed by atoms with E-state index >= 15 is 0 Å². The zero-order valence-electron chi connectivity index (χ0n) is 9.52. The van der Waals surface area contributed by atoms with Crippen LogP contribution in [-0.4, -0.2) is 31.1 Å². The SMILES string of the molecule is Cc1cc(N2CCC(CO)C2)ccc1C=O. The van der Waals surface area contributed by atoms with E-state index in [1.807, 2.05) is 25.1 Å². The van der Waals surface area contributed by atoms with Crippen molar-refractivity contribution < 1.29 is 9.90 Å². The molecule has 0 amide bonds. The molecule has 0 saturated carbocycles. The second kappa shape index (κ2) is 4.66. The molecule has 1 unspecified atom stereocenters. The molecule has 1 aromatic carbocycles. The van der Waals surface area contributed by atoms with Gasteiger partial charge in [-0.15, -0.1) is 0 Å². The molecule has 1 aromatic rings. The van der Waals surface area contributed by atoms with E-state index in [0.29, 0.717) is 5.92 Å². The van der Waals surface area contributed by atoms with Crippen molar-refractivity contribution >= 4 is 12.0 Å². The van der Waals surface area contributed by atoms with Gasteiger partial charge in [0.05, 0.1) is 0 Å². The van der Waals surface area contributed by atoms with E-state index in [4.69, 9.17) is 5.11 Å². The van der Waals surface area contributed by atoms with Crippen molar-refractivity contribution in [2.24, 2.45) is 5.92 Å². The highest BCUT2D eigenvalue weighted by atomic mass is 16.3. The number of aryl methyl sites for hydroxylation is 1. The molecular weight excluding hydrogens is 202 g/mol. The fraction of sp³-hybridized carbons (Fsp3) is 0.462. The van der Waals surface area contributed by atoms with Gasteiger partial charge >= 0.3 is 0 Å². The van der Waals surface area contributed by atoms with Crippen LogP contribution < -0.4 is 4.90 Å². The molecule has 1 saturated heterocycles. The van der Waals surface area contributed by atoms with Gasteiger partial charge < -0.3 is 10.0 Å². The number of rotatable bonds is 3. The third-order valence-corrected chi connectivity index (χ3v) is 3.29. The van der Waals surface area contributed by atoms with Crippen LogP contribution in [0.2, 0.25) is 0 Å². The van der Waals surface area contributed by atoms with Gasteiger partial charge in [0.15, 0.2) is 0 Å². The summed E-state index contributed by atoms with van der Waals surface area (Å²) in [7, 11) is 0. The molecule has 86 valence electrons. The highest BCUT2D eigenvalue weighted by Gasteiger charge is 2.21. The third-order valence-electron chi connectivity index (χ3n) is 3.29. The minimum atomic E-state index is 0.266. The van der Waals surface area contributed by atoms with Gasteiger partial charge in [0.1, 0.15) is 6.29 Å². The standard InChI is InChI=1S/C13H17NO2/c1-10-6-13(3-2-12(10)9-16)14-5-4-11(7-14)8-15/h2-3,6,9,11,15H,4-5,7-8H2,1H3. The first-order valence-corrected chi connectivity index (χ1v) is 5.66. The average molecular weight is 219 g/mol. The lowest BCUT2D eigenvalue weighted by Crippen LogP contribution is -2.20. The molecule has 0 spiro atoms. The second-order valence-electron chi connectivity index (χ2n) is 4.44. The number of carbonyl (C=O) groups is 1. The maximum absolute atomic E-state index is 10.7. The quantitative estimate of drug-likeness (QED) is 0.785. The van der Waals surface area contributed by atoms with E-state index in [9.17, 15) is 4.79 Å². The Bertz CT molecular complexity index is 390. The van der Waals surface area contributed by atoms with Crippen LogP contribution >= 0.6 is 0 Å². The maximum Gasteiger partial charge on any atom is 0.150 e. The lowest BCUT2D eigenvalue weighted by molar-refractivity contribution is 0.112. The topological polar surface area (TPSA) is 40.5 Å². The van der Waals surface area contributed by atoms with Gasteiger partial charge in [0, 0.05) is 36.9 Å². The van der Waals surface area contributed by atoms with E-state index in [1.165, 1.54) is 0 Å². The molecule has 1 N–H and O–H groups in total. The summed E-state index contributed by atoms with van der Waals surface area (Å²) in [6.45, 7) is 4.12. The Morgan fingerprint density at radius 2 is 2.38 bits per heavy atom. The Morgan fingerprint density at radius 1 is 1.56 bits per heavy atom. The number of aliphatic hydroxyl groups excluding tert-OH is 1. The number of hydrogen-bond acceptors (Lipinski definition) is 3. The predicted octanol–water partition coefficient (Wildman–Crippen LogP) is 1.63. The van der Waals surface area contributed by atoms with Gasteiger partial charge in [0.25, 0.3) is 0 Å². The van der Waals surface area contributed by atoms with Crippen LogP contribution in [-0.2, 0) is 0 Å². The fourth-order valence-electron chi connectivity index (χ4n) is 2.20. The van der Waals surface area contributed by atoms with E-state index < -0.39 is 0 Å². The first kappa shape index (κ1) is 11.1. The van der Waals surface area contributed by atoms with Crippen LogP contribution in [0.5, 0.6) is 0 Å². The van der Waals surface area contributed by atoms with Crippen LogP contribution in [0.3, 0.4) is 0 Å². The summed E-state index contributed by atoms with van der Waals surface area (Å²) in [4.78, 5) is 13.0. The lowest BCUT2D eigenvalue weighted by atomic mass is 10.1. The van der Waals surface area contributed by atoms with E-state index in [0.717, 1.165) is 42.6 Å². The van der Waals surface area contributed by atoms with Gasteiger partial charge in [-0.05, 0) is 37.1 Å². The number of aliphatic hydroxyl groups is 1. The molecule has 1 aliphatic heterocycles. The first-order valence-electron chi connectivity index (χ1n) is 5.66. The molecular formula is C13H17NO2. The minimum absolute atomic E-state index is 0.266. The zero-order valence-corrected chi connectivity index (χ0v) is 9.52. The Kier molecular flexibility index (Phi) is 3.25. The van der Waals surface area contributed by atoms with E-state index in [1.54, 1.807) is 0 Å². The molecule has 0 aliphatic carbocycles. The molecule has 3 heteroatoms. The maximum atomic E-state index is 10.7. The molecule has 0 radical (unpaired) electrons. The molecule has 1 atom stereocenters. The van der Waals surface area contributed by atoms with Crippen molar-refractivity contribution in [2.45, 2.75) is 13.3 Å². The molecule has 0 aromatic heterocycles. The van der Waals surface area contributed by atoms with Gasteiger partial charge in [-0.1, -0.05) is 0 Å². The minimum Gasteiger partial charge on any atom is -0.396 e. The number of benzene rings is 1. The van der Waals surface area contributed by atoms with Gasteiger partial charge in [-0.2, -0.15) is 0 Å². The molecule has 0 bridgehead atoms. The van der Waals surface area contributed by atoms with Crippen molar-refractivity contribution in [3.05, 3.63) is 29.3 Å². The van der Waals surface area contributed by atoms with Crippen molar-refractivity contribution in [1.29, 1.82) is 0 Å². The Hall–Kier alpha value is -1.35. The van der Waals surface area contributed by atoms with Crippen molar-refractivity contribution in [2.75, 3.05) is 24.6 Å². The van der Waals surface area contributed by atoms with E-state index in [-0.39, 0.29) is 6.61 Å². The summed E-state index contributed by atoms with van der Waals surface area (Å²) in [6, 6.07) is 5.89. The molecule has 2 rings (SSSR count). The van der Waals surface area contributed by atoms with Gasteiger partial charge in [-0.3, -0.25) is 4.79 Å². The van der Waals surface area contributed by atoms with Gasteiger partial charge in [-0.25, -0.2) is 0 Å². The Balaban J connectivity index is 2.16. The van der Waals surface area contributed by atoms with Crippen LogP contribution in [0.4, 0.5) is 5.69 Å².